The van der Waals surface area contributed by atoms with Crippen molar-refractivity contribution in [3.8, 4) is 0 Å². The SMILES string of the molecule is NCC(O)C(=O)N1CCCC(F)(F)C1. The molecule has 1 fully saturated rings. The minimum Gasteiger partial charge on any atom is -0.382 e. The van der Waals surface area contributed by atoms with Gasteiger partial charge in [0, 0.05) is 19.5 Å². The minimum atomic E-state index is -2.83. The van der Waals surface area contributed by atoms with Gasteiger partial charge in [0.2, 0.25) is 0 Å². The maximum Gasteiger partial charge on any atom is 0.265 e. The first-order valence-corrected chi connectivity index (χ1v) is 4.51. The quantitative estimate of drug-likeness (QED) is 0.646. The van der Waals surface area contributed by atoms with Crippen molar-refractivity contribution >= 4 is 5.91 Å². The van der Waals surface area contributed by atoms with E-state index in [0.717, 1.165) is 4.90 Å². The lowest BCUT2D eigenvalue weighted by atomic mass is 10.1. The normalized spacial score (nSPS) is 23.3. The molecule has 1 rings (SSSR count). The molecule has 1 saturated heterocycles. The van der Waals surface area contributed by atoms with E-state index >= 15 is 0 Å². The lowest BCUT2D eigenvalue weighted by Gasteiger charge is -2.33. The lowest BCUT2D eigenvalue weighted by molar-refractivity contribution is -0.149. The van der Waals surface area contributed by atoms with Crippen LogP contribution in [-0.4, -0.2) is 47.6 Å². The molecule has 82 valence electrons. The van der Waals surface area contributed by atoms with Gasteiger partial charge in [-0.05, 0) is 6.42 Å². The van der Waals surface area contributed by atoms with Gasteiger partial charge in [-0.25, -0.2) is 8.78 Å². The second-order valence-electron chi connectivity index (χ2n) is 3.47. The summed E-state index contributed by atoms with van der Waals surface area (Å²) in [6.07, 6.45) is -1.30. The van der Waals surface area contributed by atoms with Crippen LogP contribution in [0.2, 0.25) is 0 Å². The Balaban J connectivity index is 2.56. The van der Waals surface area contributed by atoms with Crippen LogP contribution in [0.5, 0.6) is 0 Å². The average Bonchev–Trinajstić information content (AvgIpc) is 2.14. The van der Waals surface area contributed by atoms with E-state index in [2.05, 4.69) is 0 Å². The summed E-state index contributed by atoms with van der Waals surface area (Å²) >= 11 is 0. The van der Waals surface area contributed by atoms with Gasteiger partial charge in [-0.1, -0.05) is 0 Å². The monoisotopic (exact) mass is 208 g/mol. The largest absolute Gasteiger partial charge is 0.382 e. The number of nitrogens with two attached hydrogens (primary N) is 1. The zero-order valence-electron chi connectivity index (χ0n) is 7.75. The maximum absolute atomic E-state index is 12.9. The molecule has 4 nitrogen and oxygen atoms in total. The molecule has 1 heterocycles. The van der Waals surface area contributed by atoms with Gasteiger partial charge in [0.1, 0.15) is 6.10 Å². The minimum absolute atomic E-state index is 0.199. The molecule has 0 aromatic rings. The summed E-state index contributed by atoms with van der Waals surface area (Å²) in [4.78, 5) is 12.3. The molecule has 1 atom stereocenters. The third-order valence-electron chi connectivity index (χ3n) is 2.21. The van der Waals surface area contributed by atoms with E-state index in [1.54, 1.807) is 0 Å². The number of hydrogen-bond donors (Lipinski definition) is 2. The Hall–Kier alpha value is -0.750. The molecular formula is C8H14F2N2O2. The summed E-state index contributed by atoms with van der Waals surface area (Å²) in [6, 6.07) is 0. The van der Waals surface area contributed by atoms with Crippen LogP contribution in [0.3, 0.4) is 0 Å². The van der Waals surface area contributed by atoms with E-state index in [-0.39, 0.29) is 25.9 Å². The zero-order valence-corrected chi connectivity index (χ0v) is 7.75. The van der Waals surface area contributed by atoms with E-state index in [4.69, 9.17) is 10.8 Å². The Morgan fingerprint density at radius 1 is 1.64 bits per heavy atom. The molecule has 0 aromatic carbocycles. The summed E-state index contributed by atoms with van der Waals surface area (Å²) in [7, 11) is 0. The fourth-order valence-electron chi connectivity index (χ4n) is 1.47. The standard InChI is InChI=1S/C8H14F2N2O2/c9-8(10)2-1-3-12(5-8)7(14)6(13)4-11/h6,13H,1-5,11H2. The number of nitrogens with zero attached hydrogens (tertiary/aromatic N) is 1. The molecule has 1 aliphatic rings. The highest BCUT2D eigenvalue weighted by atomic mass is 19.3. The van der Waals surface area contributed by atoms with Crippen molar-refractivity contribution in [3.05, 3.63) is 0 Å². The summed E-state index contributed by atoms with van der Waals surface area (Å²) in [5, 5.41) is 9.09. The van der Waals surface area contributed by atoms with E-state index in [0.29, 0.717) is 0 Å². The third-order valence-corrected chi connectivity index (χ3v) is 2.21. The molecule has 0 spiro atoms. The van der Waals surface area contributed by atoms with Gasteiger partial charge >= 0.3 is 0 Å². The highest BCUT2D eigenvalue weighted by Gasteiger charge is 2.38. The first kappa shape index (κ1) is 11.3. The molecule has 0 saturated carbocycles. The smallest absolute Gasteiger partial charge is 0.265 e. The van der Waals surface area contributed by atoms with Gasteiger partial charge in [-0.3, -0.25) is 4.79 Å². The predicted molar refractivity (Wildman–Crippen MR) is 45.8 cm³/mol. The van der Waals surface area contributed by atoms with Crippen LogP contribution < -0.4 is 5.73 Å². The number of aliphatic hydroxyl groups is 1. The number of hydrogen-bond acceptors (Lipinski definition) is 3. The number of aliphatic hydroxyl groups excluding tert-OH is 1. The van der Waals surface area contributed by atoms with Crippen LogP contribution in [0.15, 0.2) is 0 Å². The van der Waals surface area contributed by atoms with Crippen LogP contribution >= 0.6 is 0 Å². The topological polar surface area (TPSA) is 66.6 Å². The molecule has 6 heteroatoms. The molecule has 0 aliphatic carbocycles. The Bertz CT molecular complexity index is 223. The number of carbonyl (C=O) groups excluding carboxylic acids is 1. The Kier molecular flexibility index (Phi) is 3.38. The molecule has 0 radical (unpaired) electrons. The van der Waals surface area contributed by atoms with Crippen LogP contribution in [-0.2, 0) is 4.79 Å². The highest BCUT2D eigenvalue weighted by Crippen LogP contribution is 2.26. The van der Waals surface area contributed by atoms with Gasteiger partial charge < -0.3 is 15.7 Å². The Morgan fingerprint density at radius 3 is 2.79 bits per heavy atom. The van der Waals surface area contributed by atoms with Crippen LogP contribution in [0.25, 0.3) is 0 Å². The van der Waals surface area contributed by atoms with Crippen LogP contribution in [0.1, 0.15) is 12.8 Å². The van der Waals surface area contributed by atoms with Crippen LogP contribution in [0, 0.1) is 0 Å². The van der Waals surface area contributed by atoms with E-state index in [1.165, 1.54) is 0 Å². The van der Waals surface area contributed by atoms with Gasteiger partial charge in [0.15, 0.2) is 0 Å². The number of piperidine rings is 1. The predicted octanol–water partition coefficient (Wildman–Crippen LogP) is -0.436. The number of likely N-dealkylation sites (tertiary alicyclic amines) is 1. The van der Waals surface area contributed by atoms with E-state index in [1.807, 2.05) is 0 Å². The fraction of sp³-hybridized carbons (Fsp3) is 0.875. The molecule has 1 aliphatic heterocycles. The van der Waals surface area contributed by atoms with Gasteiger partial charge in [0.25, 0.3) is 11.8 Å². The highest BCUT2D eigenvalue weighted by molar-refractivity contribution is 5.81. The van der Waals surface area contributed by atoms with Crippen molar-refractivity contribution < 1.29 is 18.7 Å². The van der Waals surface area contributed by atoms with Gasteiger partial charge in [0.05, 0.1) is 6.54 Å². The molecule has 3 N–H and O–H groups in total. The van der Waals surface area contributed by atoms with E-state index in [9.17, 15) is 13.6 Å². The number of rotatable bonds is 2. The number of amides is 1. The second kappa shape index (κ2) is 4.18. The number of halogens is 2. The lowest BCUT2D eigenvalue weighted by Crippen LogP contribution is -2.50. The van der Waals surface area contributed by atoms with Gasteiger partial charge in [-0.2, -0.15) is 0 Å². The van der Waals surface area contributed by atoms with Crippen molar-refractivity contribution in [3.63, 3.8) is 0 Å². The van der Waals surface area contributed by atoms with Crippen molar-refractivity contribution in [1.82, 2.24) is 4.90 Å². The Labute approximate surface area is 80.7 Å². The van der Waals surface area contributed by atoms with Crippen molar-refractivity contribution in [1.29, 1.82) is 0 Å². The molecule has 0 aromatic heterocycles. The second-order valence-corrected chi connectivity index (χ2v) is 3.47. The summed E-state index contributed by atoms with van der Waals surface area (Å²) in [5.41, 5.74) is 5.06. The van der Waals surface area contributed by atoms with Crippen molar-refractivity contribution in [2.45, 2.75) is 24.9 Å². The third kappa shape index (κ3) is 2.62. The Morgan fingerprint density at radius 2 is 2.29 bits per heavy atom. The summed E-state index contributed by atoms with van der Waals surface area (Å²) in [5.74, 6) is -3.53. The van der Waals surface area contributed by atoms with E-state index < -0.39 is 24.5 Å². The van der Waals surface area contributed by atoms with Crippen molar-refractivity contribution in [2.24, 2.45) is 5.73 Å². The molecule has 1 unspecified atom stereocenters. The summed E-state index contributed by atoms with van der Waals surface area (Å²) in [6.45, 7) is -0.574. The molecular weight excluding hydrogens is 194 g/mol. The molecule has 14 heavy (non-hydrogen) atoms. The summed E-state index contributed by atoms with van der Waals surface area (Å²) < 4.78 is 25.8. The molecule has 0 bridgehead atoms. The first-order chi connectivity index (χ1) is 6.46. The number of carbonyl (C=O) groups is 1. The first-order valence-electron chi connectivity index (χ1n) is 4.51. The van der Waals surface area contributed by atoms with Gasteiger partial charge in [-0.15, -0.1) is 0 Å². The fourth-order valence-corrected chi connectivity index (χ4v) is 1.47. The van der Waals surface area contributed by atoms with Crippen molar-refractivity contribution in [2.75, 3.05) is 19.6 Å². The average molecular weight is 208 g/mol. The number of alkyl halides is 2. The zero-order chi connectivity index (χ0) is 10.8. The maximum atomic E-state index is 12.9. The van der Waals surface area contributed by atoms with Crippen LogP contribution in [0.4, 0.5) is 8.78 Å². The molecule has 1 amide bonds.